The summed E-state index contributed by atoms with van der Waals surface area (Å²) in [4.78, 5) is 12.3. The highest BCUT2D eigenvalue weighted by atomic mass is 32.2. The second-order valence-corrected chi connectivity index (χ2v) is 15.1. The zero-order valence-electron chi connectivity index (χ0n) is 22.7. The molecule has 0 radical (unpaired) electrons. The van der Waals surface area contributed by atoms with Crippen LogP contribution >= 0.6 is 0 Å². The Morgan fingerprint density at radius 1 is 0.943 bits per heavy atom. The predicted molar refractivity (Wildman–Crippen MR) is 141 cm³/mol. The van der Waals surface area contributed by atoms with Crippen LogP contribution in [0.4, 0.5) is 0 Å². The summed E-state index contributed by atoms with van der Waals surface area (Å²) >= 11 is 0. The van der Waals surface area contributed by atoms with E-state index in [1.54, 1.807) is 0 Å². The first-order valence-corrected chi connectivity index (χ1v) is 16.3. The largest absolute Gasteiger partial charge is 0.355 e. The third kappa shape index (κ3) is 5.63. The van der Waals surface area contributed by atoms with Gasteiger partial charge < -0.3 is 5.32 Å². The first-order valence-electron chi connectivity index (χ1n) is 14.7. The highest BCUT2D eigenvalue weighted by molar-refractivity contribution is 7.85. The van der Waals surface area contributed by atoms with Crippen molar-refractivity contribution in [3.63, 3.8) is 0 Å². The molecule has 35 heavy (non-hydrogen) atoms. The highest BCUT2D eigenvalue weighted by Gasteiger charge is 2.60. The summed E-state index contributed by atoms with van der Waals surface area (Å²) in [5.41, 5.74) is 1.11. The fraction of sp³-hybridized carbons (Fsp3) is 0.966. The van der Waals surface area contributed by atoms with E-state index in [-0.39, 0.29) is 18.4 Å². The second kappa shape index (κ2) is 10.6. The Balaban J connectivity index is 1.28. The summed E-state index contributed by atoms with van der Waals surface area (Å²) in [5, 5.41) is 2.65. The molecular weight excluding hydrogens is 458 g/mol. The van der Waals surface area contributed by atoms with Crippen LogP contribution in [0.25, 0.3) is 0 Å². The standard InChI is InChI=1S/C29H51NO4S/c1-20(8-7-9-21(2)27(31)30-18-19-35(32,33)34)24-13-14-25-23-12-11-22-10-5-6-16-28(22,3)26(23)15-17-29(24,25)4/h20-26H,5-19H2,1-4H3,(H,30,31)(H,32,33,34)/t20-,21?,22+,23+,24-,25+,26+,28+,29-/m1/s1. The van der Waals surface area contributed by atoms with E-state index < -0.39 is 15.9 Å². The van der Waals surface area contributed by atoms with Crippen LogP contribution in [0.15, 0.2) is 0 Å². The van der Waals surface area contributed by atoms with E-state index in [4.69, 9.17) is 4.55 Å². The number of nitrogens with one attached hydrogen (secondary N) is 1. The van der Waals surface area contributed by atoms with E-state index in [9.17, 15) is 13.2 Å². The highest BCUT2D eigenvalue weighted by Crippen LogP contribution is 2.68. The molecule has 0 saturated heterocycles. The summed E-state index contributed by atoms with van der Waals surface area (Å²) in [7, 11) is -4.03. The molecule has 0 spiro atoms. The number of carbonyl (C=O) groups is 1. The Hall–Kier alpha value is -0.620. The fourth-order valence-corrected chi connectivity index (χ4v) is 10.2. The lowest BCUT2D eigenvalue weighted by atomic mass is 9.44. The molecule has 4 fully saturated rings. The van der Waals surface area contributed by atoms with Crippen molar-refractivity contribution in [1.82, 2.24) is 5.32 Å². The van der Waals surface area contributed by atoms with E-state index in [1.165, 1.54) is 70.6 Å². The summed E-state index contributed by atoms with van der Waals surface area (Å²) in [6, 6.07) is 0. The zero-order valence-corrected chi connectivity index (χ0v) is 23.5. The van der Waals surface area contributed by atoms with Gasteiger partial charge in [-0.05, 0) is 104 Å². The molecule has 0 aromatic rings. The van der Waals surface area contributed by atoms with Gasteiger partial charge in [0.25, 0.3) is 10.1 Å². The number of hydrogen-bond acceptors (Lipinski definition) is 3. The van der Waals surface area contributed by atoms with Gasteiger partial charge in [-0.1, -0.05) is 53.4 Å². The molecule has 0 bridgehead atoms. The minimum absolute atomic E-state index is 0.0256. The molecule has 0 aromatic heterocycles. The van der Waals surface area contributed by atoms with Gasteiger partial charge in [-0.2, -0.15) is 8.42 Å². The van der Waals surface area contributed by atoms with Crippen molar-refractivity contribution in [1.29, 1.82) is 0 Å². The van der Waals surface area contributed by atoms with Gasteiger partial charge in [0.15, 0.2) is 0 Å². The van der Waals surface area contributed by atoms with Crippen molar-refractivity contribution in [3.8, 4) is 0 Å². The number of amides is 1. The molecular formula is C29H51NO4S. The molecule has 1 unspecified atom stereocenters. The van der Waals surface area contributed by atoms with Crippen LogP contribution in [0, 0.1) is 52.3 Å². The maximum absolute atomic E-state index is 12.3. The Morgan fingerprint density at radius 3 is 2.43 bits per heavy atom. The van der Waals surface area contributed by atoms with E-state index in [1.807, 2.05) is 6.92 Å². The number of hydrogen-bond donors (Lipinski definition) is 2. The molecule has 4 rings (SSSR count). The minimum Gasteiger partial charge on any atom is -0.355 e. The van der Waals surface area contributed by atoms with Crippen LogP contribution in [0.5, 0.6) is 0 Å². The molecule has 0 aromatic carbocycles. The average molecular weight is 510 g/mol. The molecule has 0 heterocycles. The Morgan fingerprint density at radius 2 is 1.69 bits per heavy atom. The SMILES string of the molecule is CC(CCC[C@@H](C)[C@H]1CC[C@H]2[C@@H]3CC[C@@H]4CCCC[C@]4(C)[C@H]3CC[C@]12C)C(=O)NCCS(=O)(=O)O. The molecule has 202 valence electrons. The van der Waals surface area contributed by atoms with Crippen molar-refractivity contribution in [2.24, 2.45) is 52.3 Å². The van der Waals surface area contributed by atoms with E-state index >= 15 is 0 Å². The molecule has 0 aliphatic heterocycles. The second-order valence-electron chi connectivity index (χ2n) is 13.5. The summed E-state index contributed by atoms with van der Waals surface area (Å²) in [5.74, 6) is 4.67. The van der Waals surface area contributed by atoms with Crippen LogP contribution in [0.1, 0.15) is 111 Å². The van der Waals surface area contributed by atoms with Crippen LogP contribution < -0.4 is 5.32 Å². The van der Waals surface area contributed by atoms with Crippen LogP contribution in [-0.2, 0) is 14.9 Å². The lowest BCUT2D eigenvalue weighted by Crippen LogP contribution is -2.53. The van der Waals surface area contributed by atoms with Crippen LogP contribution in [0.3, 0.4) is 0 Å². The van der Waals surface area contributed by atoms with Gasteiger partial charge in [0.05, 0.1) is 5.75 Å². The molecule has 4 saturated carbocycles. The molecule has 9 atom stereocenters. The van der Waals surface area contributed by atoms with Crippen molar-refractivity contribution in [3.05, 3.63) is 0 Å². The predicted octanol–water partition coefficient (Wildman–Crippen LogP) is 6.48. The minimum atomic E-state index is -4.03. The van der Waals surface area contributed by atoms with Gasteiger partial charge in [0.2, 0.25) is 5.91 Å². The monoisotopic (exact) mass is 509 g/mol. The fourth-order valence-electron chi connectivity index (χ4n) is 9.83. The van der Waals surface area contributed by atoms with Gasteiger partial charge >= 0.3 is 0 Å². The van der Waals surface area contributed by atoms with Crippen molar-refractivity contribution < 1.29 is 17.8 Å². The smallest absolute Gasteiger partial charge is 0.266 e. The Labute approximate surface area is 214 Å². The average Bonchev–Trinajstić information content (AvgIpc) is 3.15. The van der Waals surface area contributed by atoms with Gasteiger partial charge in [-0.15, -0.1) is 0 Å². The topological polar surface area (TPSA) is 83.5 Å². The maximum atomic E-state index is 12.3. The van der Waals surface area contributed by atoms with Gasteiger partial charge in [0, 0.05) is 12.5 Å². The summed E-state index contributed by atoms with van der Waals surface area (Å²) < 4.78 is 30.5. The summed E-state index contributed by atoms with van der Waals surface area (Å²) in [6.45, 7) is 9.67. The lowest BCUT2D eigenvalue weighted by Gasteiger charge is -2.61. The first-order chi connectivity index (χ1) is 16.5. The number of rotatable bonds is 9. The molecule has 6 heteroatoms. The molecule has 1 amide bonds. The van der Waals surface area contributed by atoms with Gasteiger partial charge in [-0.25, -0.2) is 0 Å². The van der Waals surface area contributed by atoms with Gasteiger partial charge in [0.1, 0.15) is 0 Å². The van der Waals surface area contributed by atoms with Crippen molar-refractivity contribution in [2.45, 2.75) is 111 Å². The molecule has 4 aliphatic carbocycles. The molecule has 4 aliphatic rings. The van der Waals surface area contributed by atoms with Gasteiger partial charge in [-0.3, -0.25) is 9.35 Å². The van der Waals surface area contributed by atoms with E-state index in [0.29, 0.717) is 16.7 Å². The first kappa shape index (κ1) is 27.4. The molecule has 2 N–H and O–H groups in total. The van der Waals surface area contributed by atoms with E-state index in [2.05, 4.69) is 26.1 Å². The van der Waals surface area contributed by atoms with E-state index in [0.717, 1.165) is 42.4 Å². The molecule has 5 nitrogen and oxygen atoms in total. The number of fused-ring (bicyclic) bond motifs is 5. The lowest BCUT2D eigenvalue weighted by molar-refractivity contribution is -0.124. The number of carbonyl (C=O) groups excluding carboxylic acids is 1. The Bertz CT molecular complexity index is 859. The quantitative estimate of drug-likeness (QED) is 0.348. The van der Waals surface area contributed by atoms with Crippen molar-refractivity contribution in [2.75, 3.05) is 12.3 Å². The summed E-state index contributed by atoms with van der Waals surface area (Å²) in [6.07, 6.45) is 17.6. The third-order valence-corrected chi connectivity index (χ3v) is 12.5. The normalized spacial score (nSPS) is 40.8. The third-order valence-electron chi connectivity index (χ3n) is 11.7. The maximum Gasteiger partial charge on any atom is 0.266 e. The van der Waals surface area contributed by atoms with Crippen molar-refractivity contribution >= 4 is 16.0 Å². The zero-order chi connectivity index (χ0) is 25.4. The Kier molecular flexibility index (Phi) is 8.33. The van der Waals surface area contributed by atoms with Crippen LogP contribution in [-0.4, -0.2) is 31.2 Å². The van der Waals surface area contributed by atoms with Crippen LogP contribution in [0.2, 0.25) is 0 Å².